The molecule has 2 unspecified atom stereocenters. The van der Waals surface area contributed by atoms with E-state index in [4.69, 9.17) is 37.4 Å². The van der Waals surface area contributed by atoms with Gasteiger partial charge in [0.05, 0.1) is 17.8 Å². The molecule has 27 heavy (non-hydrogen) atoms. The monoisotopic (exact) mass is 411 g/mol. The third kappa shape index (κ3) is 6.05. The Morgan fingerprint density at radius 2 is 1.59 bits per heavy atom. The van der Waals surface area contributed by atoms with Crippen LogP contribution in [0.4, 0.5) is 5.69 Å². The molecule has 0 saturated carbocycles. The van der Waals surface area contributed by atoms with Crippen molar-refractivity contribution < 1.29 is 23.8 Å². The molecule has 2 rings (SSSR count). The number of hydrogen-bond acceptors (Lipinski definition) is 5. The minimum absolute atomic E-state index is 0.283. The largest absolute Gasteiger partial charge is 0.497 e. The maximum atomic E-state index is 12.2. The van der Waals surface area contributed by atoms with E-state index in [-0.39, 0.29) is 5.02 Å². The van der Waals surface area contributed by atoms with Gasteiger partial charge in [-0.15, -0.1) is 0 Å². The minimum Gasteiger partial charge on any atom is -0.497 e. The first-order valence-corrected chi connectivity index (χ1v) is 8.83. The molecule has 0 bridgehead atoms. The zero-order valence-corrected chi connectivity index (χ0v) is 16.5. The van der Waals surface area contributed by atoms with E-state index in [1.807, 2.05) is 0 Å². The van der Waals surface area contributed by atoms with Crippen molar-refractivity contribution in [2.45, 2.75) is 26.1 Å². The zero-order valence-electron chi connectivity index (χ0n) is 15.0. The van der Waals surface area contributed by atoms with Crippen molar-refractivity contribution in [2.75, 3.05) is 12.4 Å². The fraction of sp³-hybridized carbons (Fsp3) is 0.263. The molecule has 1 amide bonds. The molecule has 1 N–H and O–H groups in total. The third-order valence-electron chi connectivity index (χ3n) is 3.56. The number of carbonyl (C=O) groups is 2. The average Bonchev–Trinajstić information content (AvgIpc) is 2.64. The lowest BCUT2D eigenvalue weighted by Crippen LogP contribution is -2.35. The Morgan fingerprint density at radius 3 is 2.19 bits per heavy atom. The van der Waals surface area contributed by atoms with Gasteiger partial charge in [-0.05, 0) is 56.3 Å². The van der Waals surface area contributed by atoms with E-state index in [1.54, 1.807) is 43.5 Å². The molecular weight excluding hydrogens is 393 g/mol. The highest BCUT2D eigenvalue weighted by molar-refractivity contribution is 6.36. The number of halogens is 2. The molecule has 0 spiro atoms. The van der Waals surface area contributed by atoms with Crippen LogP contribution < -0.4 is 14.8 Å². The SMILES string of the molecule is COc1ccc(OC(C)C(=O)OC(C)C(=O)Nc2ccc(Cl)cc2Cl)cc1. The molecule has 0 radical (unpaired) electrons. The van der Waals surface area contributed by atoms with Crippen molar-refractivity contribution in [3.05, 3.63) is 52.5 Å². The van der Waals surface area contributed by atoms with Gasteiger partial charge in [-0.3, -0.25) is 4.79 Å². The van der Waals surface area contributed by atoms with Crippen LogP contribution >= 0.6 is 23.2 Å². The molecule has 2 aromatic rings. The van der Waals surface area contributed by atoms with Gasteiger partial charge >= 0.3 is 5.97 Å². The molecule has 2 atom stereocenters. The Balaban J connectivity index is 1.89. The molecule has 0 aliphatic rings. The van der Waals surface area contributed by atoms with Gasteiger partial charge in [0.1, 0.15) is 11.5 Å². The van der Waals surface area contributed by atoms with Crippen LogP contribution in [0.1, 0.15) is 13.8 Å². The quantitative estimate of drug-likeness (QED) is 0.685. The second-order valence-corrected chi connectivity index (χ2v) is 6.47. The Morgan fingerprint density at radius 1 is 0.963 bits per heavy atom. The topological polar surface area (TPSA) is 73.9 Å². The predicted molar refractivity (Wildman–Crippen MR) is 104 cm³/mol. The number of methoxy groups -OCH3 is 1. The molecule has 8 heteroatoms. The van der Waals surface area contributed by atoms with Crippen LogP contribution in [0.25, 0.3) is 0 Å². The van der Waals surface area contributed by atoms with E-state index in [0.717, 1.165) is 0 Å². The van der Waals surface area contributed by atoms with Crippen LogP contribution in [0.3, 0.4) is 0 Å². The smallest absolute Gasteiger partial charge is 0.347 e. The number of anilines is 1. The number of hydrogen-bond donors (Lipinski definition) is 1. The molecule has 6 nitrogen and oxygen atoms in total. The Labute approximate surface area is 167 Å². The zero-order chi connectivity index (χ0) is 20.0. The van der Waals surface area contributed by atoms with Crippen LogP contribution in [0, 0.1) is 0 Å². The normalized spacial score (nSPS) is 12.6. The van der Waals surface area contributed by atoms with Crippen LogP contribution in [-0.2, 0) is 14.3 Å². The number of benzene rings is 2. The summed E-state index contributed by atoms with van der Waals surface area (Å²) < 4.78 is 15.7. The number of rotatable bonds is 7. The first kappa shape index (κ1) is 20.9. The fourth-order valence-electron chi connectivity index (χ4n) is 2.06. The van der Waals surface area contributed by atoms with Crippen molar-refractivity contribution in [3.63, 3.8) is 0 Å². The van der Waals surface area contributed by atoms with Gasteiger partial charge in [0.15, 0.2) is 12.2 Å². The van der Waals surface area contributed by atoms with Crippen molar-refractivity contribution in [1.82, 2.24) is 0 Å². The summed E-state index contributed by atoms with van der Waals surface area (Å²) in [4.78, 5) is 24.4. The fourth-order valence-corrected chi connectivity index (χ4v) is 2.51. The van der Waals surface area contributed by atoms with Crippen molar-refractivity contribution >= 4 is 40.8 Å². The van der Waals surface area contributed by atoms with Crippen molar-refractivity contribution in [2.24, 2.45) is 0 Å². The lowest BCUT2D eigenvalue weighted by molar-refractivity contribution is -0.159. The highest BCUT2D eigenvalue weighted by Crippen LogP contribution is 2.25. The summed E-state index contributed by atoms with van der Waals surface area (Å²) in [6.07, 6.45) is -1.93. The summed E-state index contributed by atoms with van der Waals surface area (Å²) in [5.74, 6) is -0.0473. The lowest BCUT2D eigenvalue weighted by atomic mass is 10.3. The molecule has 144 valence electrons. The molecule has 0 aliphatic carbocycles. The van der Waals surface area contributed by atoms with E-state index in [2.05, 4.69) is 5.32 Å². The lowest BCUT2D eigenvalue weighted by Gasteiger charge is -2.18. The van der Waals surface area contributed by atoms with E-state index in [9.17, 15) is 9.59 Å². The van der Waals surface area contributed by atoms with Gasteiger partial charge in [-0.2, -0.15) is 0 Å². The molecule has 2 aromatic carbocycles. The molecule has 0 fully saturated rings. The van der Waals surface area contributed by atoms with E-state index < -0.39 is 24.1 Å². The first-order valence-electron chi connectivity index (χ1n) is 8.07. The average molecular weight is 412 g/mol. The second-order valence-electron chi connectivity index (χ2n) is 5.63. The van der Waals surface area contributed by atoms with Gasteiger partial charge in [-0.1, -0.05) is 23.2 Å². The van der Waals surface area contributed by atoms with Crippen LogP contribution in [0.2, 0.25) is 10.0 Å². The minimum atomic E-state index is -1.04. The number of nitrogens with one attached hydrogen (secondary N) is 1. The van der Waals surface area contributed by atoms with Crippen molar-refractivity contribution in [1.29, 1.82) is 0 Å². The summed E-state index contributed by atoms with van der Waals surface area (Å²) in [5.41, 5.74) is 0.372. The Kier molecular flexibility index (Phi) is 7.33. The van der Waals surface area contributed by atoms with Gasteiger partial charge in [0, 0.05) is 5.02 Å². The summed E-state index contributed by atoms with van der Waals surface area (Å²) in [5, 5.41) is 3.31. The van der Waals surface area contributed by atoms with Crippen molar-refractivity contribution in [3.8, 4) is 11.5 Å². The van der Waals surface area contributed by atoms with Crippen LogP contribution in [-0.4, -0.2) is 31.2 Å². The highest BCUT2D eigenvalue weighted by atomic mass is 35.5. The molecular formula is C19H19Cl2NO5. The van der Waals surface area contributed by atoms with Gasteiger partial charge in [0.25, 0.3) is 5.91 Å². The van der Waals surface area contributed by atoms with Crippen LogP contribution in [0.15, 0.2) is 42.5 Å². The number of esters is 1. The third-order valence-corrected chi connectivity index (χ3v) is 4.10. The predicted octanol–water partition coefficient (Wildman–Crippen LogP) is 4.34. The van der Waals surface area contributed by atoms with Gasteiger partial charge in [-0.25, -0.2) is 4.79 Å². The van der Waals surface area contributed by atoms with E-state index in [0.29, 0.717) is 22.2 Å². The highest BCUT2D eigenvalue weighted by Gasteiger charge is 2.23. The number of ether oxygens (including phenoxy) is 3. The summed E-state index contributed by atoms with van der Waals surface area (Å²) >= 11 is 11.8. The number of carbonyl (C=O) groups excluding carboxylic acids is 2. The molecule has 0 aromatic heterocycles. The standard InChI is InChI=1S/C19H19Cl2NO5/c1-11(18(23)22-17-9-4-13(20)10-16(17)21)27-19(24)12(2)26-15-7-5-14(25-3)6-8-15/h4-12H,1-3H3,(H,22,23). The van der Waals surface area contributed by atoms with Gasteiger partial charge < -0.3 is 19.5 Å². The summed E-state index contributed by atoms with van der Waals surface area (Å²) in [6, 6.07) is 11.4. The Hall–Kier alpha value is -2.44. The van der Waals surface area contributed by atoms with Gasteiger partial charge in [0.2, 0.25) is 0 Å². The van der Waals surface area contributed by atoms with E-state index in [1.165, 1.54) is 19.9 Å². The maximum absolute atomic E-state index is 12.2. The summed E-state index contributed by atoms with van der Waals surface area (Å²) in [6.45, 7) is 2.99. The number of amides is 1. The summed E-state index contributed by atoms with van der Waals surface area (Å²) in [7, 11) is 1.56. The Bertz CT molecular complexity index is 810. The molecule has 0 aliphatic heterocycles. The van der Waals surface area contributed by atoms with E-state index >= 15 is 0 Å². The van der Waals surface area contributed by atoms with Crippen LogP contribution in [0.5, 0.6) is 11.5 Å². The maximum Gasteiger partial charge on any atom is 0.347 e. The second kappa shape index (κ2) is 9.48. The first-order chi connectivity index (χ1) is 12.8. The molecule has 0 saturated heterocycles. The molecule has 0 heterocycles.